The van der Waals surface area contributed by atoms with E-state index in [2.05, 4.69) is 12.2 Å². The third-order valence-electron chi connectivity index (χ3n) is 5.40. The Bertz CT molecular complexity index is 738. The second-order valence-electron chi connectivity index (χ2n) is 6.58. The van der Waals surface area contributed by atoms with Crippen LogP contribution < -0.4 is 4.90 Å². The largest absolute Gasteiger partial charge is 0.274 e. The van der Waals surface area contributed by atoms with Crippen molar-refractivity contribution in [3.05, 3.63) is 46.0 Å². The first-order valence-electron chi connectivity index (χ1n) is 7.80. The fourth-order valence-corrected chi connectivity index (χ4v) is 4.26. The first-order valence-corrected chi connectivity index (χ1v) is 7.80. The SMILES string of the molecule is Cc1ccc([N+](=O)[O-])cc1N1C(=O)[C@@H]2[C@@H](C1=O)[C@@H]1C=C[C@@H]2CC1. The van der Waals surface area contributed by atoms with Crippen molar-refractivity contribution in [3.8, 4) is 0 Å². The molecule has 0 N–H and O–H groups in total. The molecule has 5 rings (SSSR count). The molecule has 3 aliphatic carbocycles. The topological polar surface area (TPSA) is 80.5 Å². The Kier molecular flexibility index (Phi) is 2.91. The van der Waals surface area contributed by atoms with Crippen molar-refractivity contribution in [1.82, 2.24) is 0 Å². The van der Waals surface area contributed by atoms with Crippen molar-refractivity contribution < 1.29 is 14.5 Å². The van der Waals surface area contributed by atoms with Gasteiger partial charge in [-0.3, -0.25) is 19.7 Å². The van der Waals surface area contributed by atoms with Gasteiger partial charge in [0, 0.05) is 12.1 Å². The van der Waals surface area contributed by atoms with Gasteiger partial charge in [-0.15, -0.1) is 0 Å². The molecule has 2 fully saturated rings. The molecule has 0 radical (unpaired) electrons. The number of imide groups is 1. The Hall–Kier alpha value is -2.50. The van der Waals surface area contributed by atoms with Crippen molar-refractivity contribution in [2.24, 2.45) is 23.7 Å². The lowest BCUT2D eigenvalue weighted by molar-refractivity contribution is -0.384. The van der Waals surface area contributed by atoms with Gasteiger partial charge in [0.1, 0.15) is 0 Å². The Morgan fingerprint density at radius 3 is 2.13 bits per heavy atom. The van der Waals surface area contributed by atoms with Gasteiger partial charge in [0.2, 0.25) is 11.8 Å². The number of nitro benzene ring substituents is 1. The van der Waals surface area contributed by atoms with Gasteiger partial charge in [0.25, 0.3) is 5.69 Å². The number of carbonyl (C=O) groups is 2. The molecule has 4 atom stereocenters. The standard InChI is InChI=1S/C17H16N2O4/c1-9-2-7-12(19(22)23)8-13(9)18-16(20)14-10-3-4-11(6-5-10)15(14)17(18)21/h2-4,7-8,10-11,14-15H,5-6H2,1H3/t10-,11-,14+,15+/m1/s1. The highest BCUT2D eigenvalue weighted by atomic mass is 16.6. The van der Waals surface area contributed by atoms with Crippen LogP contribution in [0, 0.1) is 40.7 Å². The van der Waals surface area contributed by atoms with E-state index in [4.69, 9.17) is 0 Å². The molecule has 1 heterocycles. The smallest absolute Gasteiger partial charge is 0.271 e. The molecule has 6 heteroatoms. The number of nitro groups is 1. The van der Waals surface area contributed by atoms with Crippen LogP contribution in [-0.4, -0.2) is 16.7 Å². The number of allylic oxidation sites excluding steroid dienone is 2. The second-order valence-corrected chi connectivity index (χ2v) is 6.58. The summed E-state index contributed by atoms with van der Waals surface area (Å²) in [6, 6.07) is 4.31. The van der Waals surface area contributed by atoms with Gasteiger partial charge in [-0.25, -0.2) is 4.90 Å². The summed E-state index contributed by atoms with van der Waals surface area (Å²) in [5.41, 5.74) is 0.932. The van der Waals surface area contributed by atoms with Crippen LogP contribution in [0.25, 0.3) is 0 Å². The van der Waals surface area contributed by atoms with Crippen LogP contribution in [0.2, 0.25) is 0 Å². The van der Waals surface area contributed by atoms with Gasteiger partial charge >= 0.3 is 0 Å². The molecular weight excluding hydrogens is 296 g/mol. The van der Waals surface area contributed by atoms with Crippen LogP contribution in [0.3, 0.4) is 0 Å². The van der Waals surface area contributed by atoms with Gasteiger partial charge in [-0.2, -0.15) is 0 Å². The number of benzene rings is 1. The van der Waals surface area contributed by atoms with E-state index in [9.17, 15) is 19.7 Å². The Labute approximate surface area is 132 Å². The van der Waals surface area contributed by atoms with Gasteiger partial charge in [-0.05, 0) is 37.2 Å². The zero-order valence-corrected chi connectivity index (χ0v) is 12.6. The number of amides is 2. The average molecular weight is 312 g/mol. The van der Waals surface area contributed by atoms with Crippen molar-refractivity contribution in [3.63, 3.8) is 0 Å². The summed E-state index contributed by atoms with van der Waals surface area (Å²) in [7, 11) is 0. The van der Waals surface area contributed by atoms with Crippen molar-refractivity contribution in [1.29, 1.82) is 0 Å². The Balaban J connectivity index is 1.79. The summed E-state index contributed by atoms with van der Waals surface area (Å²) < 4.78 is 0. The number of hydrogen-bond acceptors (Lipinski definition) is 4. The summed E-state index contributed by atoms with van der Waals surface area (Å²) in [6.07, 6.45) is 5.99. The molecule has 1 aromatic rings. The molecule has 1 aromatic carbocycles. The van der Waals surface area contributed by atoms with Crippen LogP contribution in [0.4, 0.5) is 11.4 Å². The normalized spacial score (nSPS) is 31.6. The molecular formula is C17H16N2O4. The number of aryl methyl sites for hydroxylation is 1. The molecule has 1 saturated heterocycles. The van der Waals surface area contributed by atoms with Crippen LogP contribution >= 0.6 is 0 Å². The highest BCUT2D eigenvalue weighted by molar-refractivity contribution is 6.23. The highest BCUT2D eigenvalue weighted by Crippen LogP contribution is 2.50. The summed E-state index contributed by atoms with van der Waals surface area (Å²) in [4.78, 5) is 37.4. The van der Waals surface area contributed by atoms with E-state index < -0.39 is 4.92 Å². The minimum absolute atomic E-state index is 0.109. The first kappa shape index (κ1) is 14.1. The lowest BCUT2D eigenvalue weighted by Crippen LogP contribution is -2.38. The lowest BCUT2D eigenvalue weighted by Gasteiger charge is -2.38. The minimum atomic E-state index is -0.508. The third-order valence-corrected chi connectivity index (χ3v) is 5.40. The second kappa shape index (κ2) is 4.75. The summed E-state index contributed by atoms with van der Waals surface area (Å²) in [5, 5.41) is 11.0. The maximum Gasteiger partial charge on any atom is 0.271 e. The van der Waals surface area contributed by atoms with E-state index in [1.54, 1.807) is 13.0 Å². The van der Waals surface area contributed by atoms with E-state index in [-0.39, 0.29) is 41.2 Å². The van der Waals surface area contributed by atoms with E-state index in [1.807, 2.05) is 0 Å². The highest BCUT2D eigenvalue weighted by Gasteiger charge is 2.57. The van der Waals surface area contributed by atoms with Crippen LogP contribution in [0.5, 0.6) is 0 Å². The zero-order valence-electron chi connectivity index (χ0n) is 12.6. The van der Waals surface area contributed by atoms with Crippen molar-refractivity contribution in [2.45, 2.75) is 19.8 Å². The van der Waals surface area contributed by atoms with Gasteiger partial charge in [0.15, 0.2) is 0 Å². The molecule has 4 aliphatic rings. The number of non-ortho nitro benzene ring substituents is 1. The summed E-state index contributed by atoms with van der Waals surface area (Å²) in [6.45, 7) is 1.76. The minimum Gasteiger partial charge on any atom is -0.274 e. The molecule has 2 bridgehead atoms. The van der Waals surface area contributed by atoms with E-state index >= 15 is 0 Å². The van der Waals surface area contributed by atoms with Gasteiger partial charge < -0.3 is 0 Å². The van der Waals surface area contributed by atoms with Crippen LogP contribution in [-0.2, 0) is 9.59 Å². The number of hydrogen-bond donors (Lipinski definition) is 0. The lowest BCUT2D eigenvalue weighted by atomic mass is 9.63. The Morgan fingerprint density at radius 2 is 1.65 bits per heavy atom. The number of nitrogens with zero attached hydrogens (tertiary/aromatic N) is 2. The summed E-state index contributed by atoms with van der Waals surface area (Å²) in [5.74, 6) is -0.781. The molecule has 118 valence electrons. The number of rotatable bonds is 2. The molecule has 0 spiro atoms. The zero-order chi connectivity index (χ0) is 16.3. The fourth-order valence-electron chi connectivity index (χ4n) is 4.26. The monoisotopic (exact) mass is 312 g/mol. The number of fused-ring (bicyclic) bond motifs is 1. The van der Waals surface area contributed by atoms with Crippen LogP contribution in [0.15, 0.2) is 30.4 Å². The number of carbonyl (C=O) groups excluding carboxylic acids is 2. The molecule has 23 heavy (non-hydrogen) atoms. The molecule has 1 aliphatic heterocycles. The quantitative estimate of drug-likeness (QED) is 0.364. The number of anilines is 1. The van der Waals surface area contributed by atoms with Crippen molar-refractivity contribution in [2.75, 3.05) is 4.90 Å². The molecule has 1 saturated carbocycles. The third kappa shape index (κ3) is 1.87. The summed E-state index contributed by atoms with van der Waals surface area (Å²) >= 11 is 0. The maximum absolute atomic E-state index is 12.9. The average Bonchev–Trinajstić information content (AvgIpc) is 2.83. The predicted octanol–water partition coefficient (Wildman–Crippen LogP) is 2.60. The van der Waals surface area contributed by atoms with E-state index in [0.717, 1.165) is 12.8 Å². The van der Waals surface area contributed by atoms with Gasteiger partial charge in [0.05, 0.1) is 22.4 Å². The molecule has 0 aromatic heterocycles. The molecule has 0 unspecified atom stereocenters. The maximum atomic E-state index is 12.9. The Morgan fingerprint density at radius 1 is 1.09 bits per heavy atom. The molecule has 6 nitrogen and oxygen atoms in total. The van der Waals surface area contributed by atoms with Crippen LogP contribution in [0.1, 0.15) is 18.4 Å². The molecule has 2 amide bonds. The van der Waals surface area contributed by atoms with E-state index in [1.165, 1.54) is 17.0 Å². The van der Waals surface area contributed by atoms with Gasteiger partial charge in [-0.1, -0.05) is 18.2 Å². The van der Waals surface area contributed by atoms with E-state index in [0.29, 0.717) is 11.3 Å². The first-order chi connectivity index (χ1) is 11.0. The fraction of sp³-hybridized carbons (Fsp3) is 0.412. The predicted molar refractivity (Wildman–Crippen MR) is 82.7 cm³/mol. The van der Waals surface area contributed by atoms with Crippen molar-refractivity contribution >= 4 is 23.2 Å².